The molecule has 1 aromatic carbocycles. The molecule has 2 N–H and O–H groups in total. The van der Waals surface area contributed by atoms with Gasteiger partial charge in [0.25, 0.3) is 0 Å². The summed E-state index contributed by atoms with van der Waals surface area (Å²) in [5, 5.41) is 11.1. The van der Waals surface area contributed by atoms with Crippen LogP contribution in [0.2, 0.25) is 0 Å². The third-order valence-corrected chi connectivity index (χ3v) is 2.17. The van der Waals surface area contributed by atoms with Gasteiger partial charge < -0.3 is 5.32 Å². The number of H-pyrrole nitrogens is 1. The molecule has 0 atom stereocenters. The van der Waals surface area contributed by atoms with E-state index in [1.54, 1.807) is 0 Å². The number of nitrogens with zero attached hydrogens (tertiary/aromatic N) is 1. The SMILES string of the molecule is CNCCC#Cc1ccc2[nH]ncc2c1. The average Bonchev–Trinajstić information content (AvgIpc) is 2.71. The number of benzene rings is 1. The number of rotatable bonds is 2. The van der Waals surface area contributed by atoms with Crippen molar-refractivity contribution in [2.75, 3.05) is 13.6 Å². The van der Waals surface area contributed by atoms with E-state index in [-0.39, 0.29) is 0 Å². The molecule has 0 fully saturated rings. The van der Waals surface area contributed by atoms with Crippen LogP contribution in [0.3, 0.4) is 0 Å². The van der Waals surface area contributed by atoms with E-state index in [0.29, 0.717) is 0 Å². The highest BCUT2D eigenvalue weighted by molar-refractivity contribution is 5.79. The third kappa shape index (κ3) is 2.36. The molecule has 76 valence electrons. The van der Waals surface area contributed by atoms with Gasteiger partial charge in [0.15, 0.2) is 0 Å². The van der Waals surface area contributed by atoms with E-state index in [9.17, 15) is 0 Å². The zero-order valence-electron chi connectivity index (χ0n) is 8.67. The van der Waals surface area contributed by atoms with Crippen LogP contribution in [0.15, 0.2) is 24.4 Å². The lowest BCUT2D eigenvalue weighted by Crippen LogP contribution is -2.05. The Morgan fingerprint density at radius 1 is 1.47 bits per heavy atom. The molecule has 0 amide bonds. The predicted octanol–water partition coefficient (Wildman–Crippen LogP) is 1.52. The fourth-order valence-electron chi connectivity index (χ4n) is 1.37. The lowest BCUT2D eigenvalue weighted by molar-refractivity contribution is 0.818. The summed E-state index contributed by atoms with van der Waals surface area (Å²) >= 11 is 0. The first-order valence-corrected chi connectivity index (χ1v) is 4.97. The molecule has 0 bridgehead atoms. The van der Waals surface area contributed by atoms with Crippen molar-refractivity contribution in [1.29, 1.82) is 0 Å². The highest BCUT2D eigenvalue weighted by Gasteiger charge is 1.94. The molecule has 0 aliphatic rings. The monoisotopic (exact) mass is 199 g/mol. The van der Waals surface area contributed by atoms with E-state index in [2.05, 4.69) is 27.4 Å². The van der Waals surface area contributed by atoms with Crippen molar-refractivity contribution in [3.05, 3.63) is 30.0 Å². The molecule has 0 unspecified atom stereocenters. The maximum Gasteiger partial charge on any atom is 0.0651 e. The Hall–Kier alpha value is -1.79. The topological polar surface area (TPSA) is 40.7 Å². The second-order valence-corrected chi connectivity index (χ2v) is 3.33. The molecule has 1 aromatic heterocycles. The van der Waals surface area contributed by atoms with Crippen LogP contribution in [0.4, 0.5) is 0 Å². The van der Waals surface area contributed by atoms with Crippen molar-refractivity contribution in [2.45, 2.75) is 6.42 Å². The van der Waals surface area contributed by atoms with Gasteiger partial charge in [-0.15, -0.1) is 0 Å². The molecule has 0 saturated heterocycles. The summed E-state index contributed by atoms with van der Waals surface area (Å²) in [4.78, 5) is 0. The van der Waals surface area contributed by atoms with E-state index < -0.39 is 0 Å². The Morgan fingerprint density at radius 3 is 3.27 bits per heavy atom. The van der Waals surface area contributed by atoms with Crippen molar-refractivity contribution in [1.82, 2.24) is 15.5 Å². The maximum atomic E-state index is 3.97. The van der Waals surface area contributed by atoms with Gasteiger partial charge in [0.2, 0.25) is 0 Å². The van der Waals surface area contributed by atoms with Gasteiger partial charge in [0.05, 0.1) is 11.7 Å². The zero-order valence-corrected chi connectivity index (χ0v) is 8.67. The van der Waals surface area contributed by atoms with Crippen molar-refractivity contribution < 1.29 is 0 Å². The van der Waals surface area contributed by atoms with Crippen LogP contribution in [0.1, 0.15) is 12.0 Å². The van der Waals surface area contributed by atoms with Gasteiger partial charge in [0, 0.05) is 23.9 Å². The molecule has 0 saturated carbocycles. The third-order valence-electron chi connectivity index (χ3n) is 2.17. The van der Waals surface area contributed by atoms with Gasteiger partial charge in [-0.05, 0) is 25.2 Å². The largest absolute Gasteiger partial charge is 0.319 e. The quantitative estimate of drug-likeness (QED) is 0.568. The number of nitrogens with one attached hydrogen (secondary N) is 2. The van der Waals surface area contributed by atoms with E-state index in [0.717, 1.165) is 29.4 Å². The lowest BCUT2D eigenvalue weighted by atomic mass is 10.1. The summed E-state index contributed by atoms with van der Waals surface area (Å²) in [5.41, 5.74) is 2.09. The molecule has 15 heavy (non-hydrogen) atoms. The van der Waals surface area contributed by atoms with Crippen molar-refractivity contribution in [2.24, 2.45) is 0 Å². The number of hydrogen-bond acceptors (Lipinski definition) is 2. The number of fused-ring (bicyclic) bond motifs is 1. The zero-order chi connectivity index (χ0) is 10.5. The minimum atomic E-state index is 0.875. The first-order valence-electron chi connectivity index (χ1n) is 4.97. The Labute approximate surface area is 88.9 Å². The molecule has 0 spiro atoms. The van der Waals surface area contributed by atoms with Crippen LogP contribution in [-0.2, 0) is 0 Å². The number of aromatic nitrogens is 2. The van der Waals surface area contributed by atoms with E-state index in [4.69, 9.17) is 0 Å². The Kier molecular flexibility index (Phi) is 3.01. The maximum absolute atomic E-state index is 3.97. The van der Waals surface area contributed by atoms with Gasteiger partial charge in [0.1, 0.15) is 0 Å². The molecule has 2 aromatic rings. The summed E-state index contributed by atoms with van der Waals surface area (Å²) < 4.78 is 0. The highest BCUT2D eigenvalue weighted by atomic mass is 15.1. The van der Waals surface area contributed by atoms with Crippen LogP contribution >= 0.6 is 0 Å². The Bertz CT molecular complexity index is 502. The van der Waals surface area contributed by atoms with E-state index in [1.807, 2.05) is 31.4 Å². The summed E-state index contributed by atoms with van der Waals surface area (Å²) in [7, 11) is 1.93. The van der Waals surface area contributed by atoms with Crippen LogP contribution in [0, 0.1) is 11.8 Å². The molecular weight excluding hydrogens is 186 g/mol. The standard InChI is InChI=1S/C12H13N3/c1-13-7-3-2-4-10-5-6-12-11(8-10)9-14-15-12/h5-6,8-9,13H,3,7H2,1H3,(H,14,15). The smallest absolute Gasteiger partial charge is 0.0651 e. The summed E-state index contributed by atoms with van der Waals surface area (Å²) in [6.07, 6.45) is 2.69. The second kappa shape index (κ2) is 4.63. The molecule has 0 radical (unpaired) electrons. The fourth-order valence-corrected chi connectivity index (χ4v) is 1.37. The van der Waals surface area contributed by atoms with Crippen molar-refractivity contribution in [3.8, 4) is 11.8 Å². The number of aromatic amines is 1. The van der Waals surface area contributed by atoms with Crippen LogP contribution in [0.5, 0.6) is 0 Å². The molecule has 0 aliphatic heterocycles. The Morgan fingerprint density at radius 2 is 2.40 bits per heavy atom. The summed E-state index contributed by atoms with van der Waals surface area (Å²) in [5.74, 6) is 6.25. The minimum absolute atomic E-state index is 0.875. The second-order valence-electron chi connectivity index (χ2n) is 3.33. The van der Waals surface area contributed by atoms with Gasteiger partial charge in [-0.25, -0.2) is 0 Å². The number of hydrogen-bond donors (Lipinski definition) is 2. The van der Waals surface area contributed by atoms with Crippen molar-refractivity contribution in [3.63, 3.8) is 0 Å². The lowest BCUT2D eigenvalue weighted by Gasteiger charge is -1.91. The van der Waals surface area contributed by atoms with E-state index >= 15 is 0 Å². The molecule has 0 aliphatic carbocycles. The predicted molar refractivity (Wildman–Crippen MR) is 61.5 cm³/mol. The van der Waals surface area contributed by atoms with Crippen LogP contribution < -0.4 is 5.32 Å². The molecule has 3 nitrogen and oxygen atoms in total. The molecule has 1 heterocycles. The first kappa shape index (κ1) is 9.75. The molecular formula is C12H13N3. The fraction of sp³-hybridized carbons (Fsp3) is 0.250. The van der Waals surface area contributed by atoms with E-state index in [1.165, 1.54) is 0 Å². The first-order chi connectivity index (χ1) is 7.40. The molecule has 3 heteroatoms. The van der Waals surface area contributed by atoms with Crippen molar-refractivity contribution >= 4 is 10.9 Å². The van der Waals surface area contributed by atoms with Crippen LogP contribution in [-0.4, -0.2) is 23.8 Å². The van der Waals surface area contributed by atoms with Gasteiger partial charge >= 0.3 is 0 Å². The van der Waals surface area contributed by atoms with Gasteiger partial charge in [-0.2, -0.15) is 5.10 Å². The highest BCUT2D eigenvalue weighted by Crippen LogP contribution is 2.11. The minimum Gasteiger partial charge on any atom is -0.319 e. The average molecular weight is 199 g/mol. The molecule has 2 rings (SSSR count). The van der Waals surface area contributed by atoms with Gasteiger partial charge in [-0.1, -0.05) is 11.8 Å². The van der Waals surface area contributed by atoms with Gasteiger partial charge in [-0.3, -0.25) is 5.10 Å². The summed E-state index contributed by atoms with van der Waals surface area (Å²) in [6, 6.07) is 6.06. The summed E-state index contributed by atoms with van der Waals surface area (Å²) in [6.45, 7) is 0.932. The Balaban J connectivity index is 2.16. The van der Waals surface area contributed by atoms with Crippen LogP contribution in [0.25, 0.3) is 10.9 Å². The normalized spacial score (nSPS) is 9.93.